The molecule has 1 rings (SSSR count). The molecule has 0 fully saturated rings. The SMILES string of the molecule is COC(=O)C(Br)CNC(=O)c1cccc(OC(C)C)c1. The summed E-state index contributed by atoms with van der Waals surface area (Å²) in [5.41, 5.74) is 0.479. The Kier molecular flexibility index (Phi) is 6.51. The van der Waals surface area contributed by atoms with Crippen LogP contribution in [0, 0.1) is 0 Å². The molecule has 0 aliphatic rings. The van der Waals surface area contributed by atoms with Gasteiger partial charge in [0.05, 0.1) is 13.2 Å². The third-order valence-electron chi connectivity index (χ3n) is 2.37. The number of alkyl halides is 1. The fourth-order valence-corrected chi connectivity index (χ4v) is 1.83. The molecule has 20 heavy (non-hydrogen) atoms. The molecule has 1 N–H and O–H groups in total. The number of nitrogens with one attached hydrogen (secondary N) is 1. The topological polar surface area (TPSA) is 64.6 Å². The molecule has 0 aromatic heterocycles. The number of hydrogen-bond acceptors (Lipinski definition) is 4. The maximum absolute atomic E-state index is 12.0. The quantitative estimate of drug-likeness (QED) is 0.634. The van der Waals surface area contributed by atoms with Crippen LogP contribution in [0.2, 0.25) is 0 Å². The molecule has 1 aromatic rings. The lowest BCUT2D eigenvalue weighted by atomic mass is 10.2. The number of ether oxygens (including phenoxy) is 2. The summed E-state index contributed by atoms with van der Waals surface area (Å²) in [7, 11) is 1.30. The number of halogens is 1. The molecule has 1 aromatic carbocycles. The van der Waals surface area contributed by atoms with Crippen molar-refractivity contribution >= 4 is 27.8 Å². The Balaban J connectivity index is 2.61. The average Bonchev–Trinajstić information content (AvgIpc) is 2.43. The van der Waals surface area contributed by atoms with Crippen LogP contribution in [0.15, 0.2) is 24.3 Å². The zero-order chi connectivity index (χ0) is 15.1. The summed E-state index contributed by atoms with van der Waals surface area (Å²) in [6.45, 7) is 3.98. The van der Waals surface area contributed by atoms with Gasteiger partial charge in [0, 0.05) is 12.1 Å². The summed E-state index contributed by atoms with van der Waals surface area (Å²) >= 11 is 3.14. The van der Waals surface area contributed by atoms with E-state index in [2.05, 4.69) is 26.0 Å². The molecule has 6 heteroatoms. The normalized spacial score (nSPS) is 11.8. The number of benzene rings is 1. The van der Waals surface area contributed by atoms with Gasteiger partial charge in [-0.3, -0.25) is 9.59 Å². The Morgan fingerprint density at radius 1 is 1.35 bits per heavy atom. The monoisotopic (exact) mass is 343 g/mol. The second-order valence-corrected chi connectivity index (χ2v) is 5.50. The zero-order valence-electron chi connectivity index (χ0n) is 11.7. The van der Waals surface area contributed by atoms with Gasteiger partial charge in [-0.2, -0.15) is 0 Å². The van der Waals surface area contributed by atoms with Crippen molar-refractivity contribution in [2.24, 2.45) is 0 Å². The van der Waals surface area contributed by atoms with Crippen LogP contribution in [0.25, 0.3) is 0 Å². The zero-order valence-corrected chi connectivity index (χ0v) is 13.3. The highest BCUT2D eigenvalue weighted by atomic mass is 79.9. The Bertz CT molecular complexity index is 476. The molecule has 0 saturated carbocycles. The fraction of sp³-hybridized carbons (Fsp3) is 0.429. The van der Waals surface area contributed by atoms with Crippen LogP contribution in [0.4, 0.5) is 0 Å². The van der Waals surface area contributed by atoms with E-state index in [0.717, 1.165) is 0 Å². The van der Waals surface area contributed by atoms with Crippen LogP contribution in [0.3, 0.4) is 0 Å². The van der Waals surface area contributed by atoms with Gasteiger partial charge >= 0.3 is 5.97 Å². The van der Waals surface area contributed by atoms with E-state index in [1.165, 1.54) is 7.11 Å². The lowest BCUT2D eigenvalue weighted by Crippen LogP contribution is -2.33. The number of esters is 1. The highest BCUT2D eigenvalue weighted by Crippen LogP contribution is 2.15. The predicted molar refractivity (Wildman–Crippen MR) is 79.3 cm³/mol. The molecule has 0 heterocycles. The molecular weight excluding hydrogens is 326 g/mol. The fourth-order valence-electron chi connectivity index (χ4n) is 1.48. The van der Waals surface area contributed by atoms with Crippen molar-refractivity contribution in [3.05, 3.63) is 29.8 Å². The van der Waals surface area contributed by atoms with Gasteiger partial charge in [-0.15, -0.1) is 0 Å². The summed E-state index contributed by atoms with van der Waals surface area (Å²) < 4.78 is 10.1. The number of amides is 1. The van der Waals surface area contributed by atoms with E-state index >= 15 is 0 Å². The van der Waals surface area contributed by atoms with Crippen LogP contribution >= 0.6 is 15.9 Å². The van der Waals surface area contributed by atoms with Gasteiger partial charge in [0.1, 0.15) is 10.6 Å². The van der Waals surface area contributed by atoms with Crippen molar-refractivity contribution in [3.63, 3.8) is 0 Å². The van der Waals surface area contributed by atoms with Crippen LogP contribution in [0.5, 0.6) is 5.75 Å². The molecule has 0 bridgehead atoms. The van der Waals surface area contributed by atoms with E-state index in [1.807, 2.05) is 13.8 Å². The van der Waals surface area contributed by atoms with Gasteiger partial charge in [0.2, 0.25) is 0 Å². The highest BCUT2D eigenvalue weighted by molar-refractivity contribution is 9.10. The van der Waals surface area contributed by atoms with Crippen molar-refractivity contribution in [1.29, 1.82) is 0 Å². The van der Waals surface area contributed by atoms with E-state index in [1.54, 1.807) is 24.3 Å². The molecule has 0 aliphatic carbocycles. The van der Waals surface area contributed by atoms with Gasteiger partial charge in [0.25, 0.3) is 5.91 Å². The minimum atomic E-state index is -0.563. The molecule has 1 unspecified atom stereocenters. The molecule has 1 atom stereocenters. The number of hydrogen-bond donors (Lipinski definition) is 1. The maximum Gasteiger partial charge on any atom is 0.321 e. The molecular formula is C14H18BrNO4. The van der Waals surface area contributed by atoms with E-state index in [4.69, 9.17) is 4.74 Å². The molecule has 0 saturated heterocycles. The molecule has 0 radical (unpaired) electrons. The Labute approximate surface area is 126 Å². The summed E-state index contributed by atoms with van der Waals surface area (Å²) in [5, 5.41) is 2.65. The lowest BCUT2D eigenvalue weighted by Gasteiger charge is -2.12. The number of carbonyl (C=O) groups is 2. The minimum Gasteiger partial charge on any atom is -0.491 e. The van der Waals surface area contributed by atoms with Gasteiger partial charge in [0.15, 0.2) is 0 Å². The van der Waals surface area contributed by atoms with E-state index in [0.29, 0.717) is 11.3 Å². The number of carbonyl (C=O) groups excluding carboxylic acids is 2. The highest BCUT2D eigenvalue weighted by Gasteiger charge is 2.16. The largest absolute Gasteiger partial charge is 0.491 e. The van der Waals surface area contributed by atoms with Crippen LogP contribution in [-0.2, 0) is 9.53 Å². The molecule has 110 valence electrons. The van der Waals surface area contributed by atoms with E-state index < -0.39 is 10.8 Å². The smallest absolute Gasteiger partial charge is 0.321 e. The van der Waals surface area contributed by atoms with Gasteiger partial charge in [-0.1, -0.05) is 22.0 Å². The number of rotatable bonds is 6. The third kappa shape index (κ3) is 5.21. The maximum atomic E-state index is 12.0. The second kappa shape index (κ2) is 7.89. The van der Waals surface area contributed by atoms with Gasteiger partial charge in [-0.05, 0) is 32.0 Å². The van der Waals surface area contributed by atoms with E-state index in [-0.39, 0.29) is 18.6 Å². The van der Waals surface area contributed by atoms with Crippen molar-refractivity contribution in [3.8, 4) is 5.75 Å². The Morgan fingerprint density at radius 2 is 2.05 bits per heavy atom. The summed E-state index contributed by atoms with van der Waals surface area (Å²) in [6, 6.07) is 6.89. The number of methoxy groups -OCH3 is 1. The Hall–Kier alpha value is -1.56. The molecule has 0 spiro atoms. The van der Waals surface area contributed by atoms with Crippen molar-refractivity contribution in [1.82, 2.24) is 5.32 Å². The van der Waals surface area contributed by atoms with E-state index in [9.17, 15) is 9.59 Å². The second-order valence-electron chi connectivity index (χ2n) is 4.40. The molecule has 0 aliphatic heterocycles. The van der Waals surface area contributed by atoms with Crippen LogP contribution in [0.1, 0.15) is 24.2 Å². The van der Waals surface area contributed by atoms with Crippen molar-refractivity contribution in [2.45, 2.75) is 24.8 Å². The summed E-state index contributed by atoms with van der Waals surface area (Å²) in [6.07, 6.45) is 0.0413. The summed E-state index contributed by atoms with van der Waals surface area (Å²) in [5.74, 6) is -0.0641. The first-order chi connectivity index (χ1) is 9.43. The third-order valence-corrected chi connectivity index (χ3v) is 3.06. The molecule has 1 amide bonds. The summed E-state index contributed by atoms with van der Waals surface area (Å²) in [4.78, 5) is 22.6. The first-order valence-electron chi connectivity index (χ1n) is 6.21. The Morgan fingerprint density at radius 3 is 2.65 bits per heavy atom. The predicted octanol–water partition coefficient (Wildman–Crippen LogP) is 2.14. The first-order valence-corrected chi connectivity index (χ1v) is 7.12. The first kappa shape index (κ1) is 16.5. The molecule has 5 nitrogen and oxygen atoms in total. The van der Waals surface area contributed by atoms with Crippen molar-refractivity contribution in [2.75, 3.05) is 13.7 Å². The standard InChI is InChI=1S/C14H18BrNO4/c1-9(2)20-11-6-4-5-10(7-11)13(17)16-8-12(15)14(18)19-3/h4-7,9,12H,8H2,1-3H3,(H,16,17). The lowest BCUT2D eigenvalue weighted by molar-refractivity contribution is -0.139. The van der Waals surface area contributed by atoms with Crippen LogP contribution in [-0.4, -0.2) is 36.5 Å². The van der Waals surface area contributed by atoms with Crippen LogP contribution < -0.4 is 10.1 Å². The average molecular weight is 344 g/mol. The van der Waals surface area contributed by atoms with Gasteiger partial charge in [-0.25, -0.2) is 0 Å². The van der Waals surface area contributed by atoms with Gasteiger partial charge < -0.3 is 14.8 Å². The van der Waals surface area contributed by atoms with Crippen molar-refractivity contribution < 1.29 is 19.1 Å². The minimum absolute atomic E-state index is 0.0413.